The molecule has 1 heterocycles. The first-order valence-corrected chi connectivity index (χ1v) is 8.32. The molecule has 4 nitrogen and oxygen atoms in total. The van der Waals surface area contributed by atoms with E-state index in [2.05, 4.69) is 29.6 Å². The Labute approximate surface area is 146 Å². The lowest BCUT2D eigenvalue weighted by Gasteiger charge is -2.17. The van der Waals surface area contributed by atoms with Gasteiger partial charge in [-0.15, -0.1) is 0 Å². The molecule has 0 aromatic heterocycles. The molecular weight excluding hydrogens is 314 g/mol. The molecule has 0 saturated carbocycles. The third-order valence-electron chi connectivity index (χ3n) is 4.60. The van der Waals surface area contributed by atoms with Gasteiger partial charge in [0.2, 0.25) is 6.79 Å². The summed E-state index contributed by atoms with van der Waals surface area (Å²) in [5.74, 6) is 1.20. The van der Waals surface area contributed by atoms with Crippen LogP contribution in [-0.4, -0.2) is 12.7 Å². The van der Waals surface area contributed by atoms with Gasteiger partial charge in [-0.3, -0.25) is 4.79 Å². The maximum absolute atomic E-state index is 12.8. The highest BCUT2D eigenvalue weighted by molar-refractivity contribution is 5.97. The van der Waals surface area contributed by atoms with Crippen LogP contribution in [0.4, 0.5) is 0 Å². The Kier molecular flexibility index (Phi) is 3.80. The number of amides is 1. The topological polar surface area (TPSA) is 47.6 Å². The Morgan fingerprint density at radius 3 is 2.60 bits per heavy atom. The second-order valence-corrected chi connectivity index (χ2v) is 6.28. The van der Waals surface area contributed by atoms with Crippen molar-refractivity contribution >= 4 is 16.7 Å². The molecule has 0 saturated heterocycles. The fourth-order valence-electron chi connectivity index (χ4n) is 3.27. The molecule has 1 N–H and O–H groups in total. The quantitative estimate of drug-likeness (QED) is 0.774. The smallest absolute Gasteiger partial charge is 0.252 e. The lowest BCUT2D eigenvalue weighted by Crippen LogP contribution is -2.27. The minimum atomic E-state index is -0.115. The predicted octanol–water partition coefficient (Wildman–Crippen LogP) is 4.37. The first kappa shape index (κ1) is 15.5. The third-order valence-corrected chi connectivity index (χ3v) is 4.60. The average molecular weight is 333 g/mol. The van der Waals surface area contributed by atoms with Gasteiger partial charge in [0.1, 0.15) is 0 Å². The van der Waals surface area contributed by atoms with Gasteiger partial charge >= 0.3 is 0 Å². The number of hydrogen-bond acceptors (Lipinski definition) is 3. The lowest BCUT2D eigenvalue weighted by molar-refractivity contribution is 0.0939. The molecule has 4 heteroatoms. The molecule has 1 amide bonds. The second-order valence-electron chi connectivity index (χ2n) is 6.28. The Balaban J connectivity index is 1.62. The third kappa shape index (κ3) is 2.80. The molecule has 0 spiro atoms. The van der Waals surface area contributed by atoms with Crippen molar-refractivity contribution < 1.29 is 14.3 Å². The van der Waals surface area contributed by atoms with Crippen LogP contribution < -0.4 is 14.8 Å². The van der Waals surface area contributed by atoms with E-state index in [0.29, 0.717) is 17.1 Å². The molecule has 4 rings (SSSR count). The molecule has 1 aliphatic rings. The second kappa shape index (κ2) is 6.13. The van der Waals surface area contributed by atoms with Crippen molar-refractivity contribution in [3.8, 4) is 11.5 Å². The summed E-state index contributed by atoms with van der Waals surface area (Å²) < 4.78 is 10.7. The summed E-state index contributed by atoms with van der Waals surface area (Å²) in [6.07, 6.45) is 0. The maximum atomic E-state index is 12.8. The van der Waals surface area contributed by atoms with E-state index in [1.807, 2.05) is 38.1 Å². The number of hydrogen-bond donors (Lipinski definition) is 1. The van der Waals surface area contributed by atoms with Crippen molar-refractivity contribution in [2.45, 2.75) is 19.9 Å². The summed E-state index contributed by atoms with van der Waals surface area (Å²) in [5, 5.41) is 5.42. The van der Waals surface area contributed by atoms with Crippen LogP contribution in [0.1, 0.15) is 34.5 Å². The molecule has 126 valence electrons. The minimum absolute atomic E-state index is 0.108. The summed E-state index contributed by atoms with van der Waals surface area (Å²) in [4.78, 5) is 12.8. The van der Waals surface area contributed by atoms with E-state index < -0.39 is 0 Å². The van der Waals surface area contributed by atoms with Gasteiger partial charge in [0, 0.05) is 5.56 Å². The Hall–Kier alpha value is -3.01. The van der Waals surface area contributed by atoms with Gasteiger partial charge in [-0.2, -0.15) is 0 Å². The van der Waals surface area contributed by atoms with E-state index in [1.54, 1.807) is 6.07 Å². The summed E-state index contributed by atoms with van der Waals surface area (Å²) >= 11 is 0. The van der Waals surface area contributed by atoms with E-state index in [4.69, 9.17) is 9.47 Å². The van der Waals surface area contributed by atoms with Gasteiger partial charge in [-0.1, -0.05) is 42.5 Å². The van der Waals surface area contributed by atoms with Crippen LogP contribution in [0.25, 0.3) is 10.8 Å². The van der Waals surface area contributed by atoms with Gasteiger partial charge in [0.05, 0.1) is 6.04 Å². The number of aryl methyl sites for hydroxylation is 1. The zero-order chi connectivity index (χ0) is 17.4. The van der Waals surface area contributed by atoms with Crippen LogP contribution in [0.3, 0.4) is 0 Å². The standard InChI is InChI=1S/C21H19NO3/c1-13-10-19-20(25-12-24-19)11-18(13)21(23)22-14(2)16-9-5-7-15-6-3-4-8-17(15)16/h3-11,14H,12H2,1-2H3,(H,22,23). The van der Waals surface area contributed by atoms with Crippen molar-refractivity contribution in [2.24, 2.45) is 0 Å². The molecule has 1 atom stereocenters. The van der Waals surface area contributed by atoms with Crippen LogP contribution in [-0.2, 0) is 0 Å². The molecule has 3 aromatic rings. The number of benzene rings is 3. The van der Waals surface area contributed by atoms with E-state index >= 15 is 0 Å². The SMILES string of the molecule is Cc1cc2c(cc1C(=O)NC(C)c1cccc3ccccc13)OCO2. The van der Waals surface area contributed by atoms with Gasteiger partial charge in [-0.25, -0.2) is 0 Å². The van der Waals surface area contributed by atoms with Crippen LogP contribution in [0.5, 0.6) is 11.5 Å². The molecule has 0 aliphatic carbocycles. The minimum Gasteiger partial charge on any atom is -0.454 e. The Morgan fingerprint density at radius 2 is 1.76 bits per heavy atom. The molecule has 0 bridgehead atoms. The van der Waals surface area contributed by atoms with Crippen LogP contribution >= 0.6 is 0 Å². The Bertz CT molecular complexity index is 959. The monoisotopic (exact) mass is 333 g/mol. The fourth-order valence-corrected chi connectivity index (χ4v) is 3.27. The number of nitrogens with one attached hydrogen (secondary N) is 1. The molecule has 1 unspecified atom stereocenters. The van der Waals surface area contributed by atoms with Gasteiger partial charge in [0.15, 0.2) is 11.5 Å². The largest absolute Gasteiger partial charge is 0.454 e. The first-order valence-electron chi connectivity index (χ1n) is 8.32. The normalized spacial score (nSPS) is 13.7. The van der Waals surface area contributed by atoms with Crippen molar-refractivity contribution in [2.75, 3.05) is 6.79 Å². The van der Waals surface area contributed by atoms with E-state index in [-0.39, 0.29) is 18.7 Å². The Morgan fingerprint density at radius 1 is 1.04 bits per heavy atom. The van der Waals surface area contributed by atoms with E-state index in [0.717, 1.165) is 16.5 Å². The van der Waals surface area contributed by atoms with Crippen molar-refractivity contribution in [3.63, 3.8) is 0 Å². The fraction of sp³-hybridized carbons (Fsp3) is 0.190. The van der Waals surface area contributed by atoms with Gasteiger partial charge in [0.25, 0.3) is 5.91 Å². The molecule has 0 radical (unpaired) electrons. The summed E-state index contributed by atoms with van der Waals surface area (Å²) in [6.45, 7) is 4.10. The van der Waals surface area contributed by atoms with Crippen molar-refractivity contribution in [3.05, 3.63) is 71.3 Å². The molecule has 3 aromatic carbocycles. The van der Waals surface area contributed by atoms with Gasteiger partial charge < -0.3 is 14.8 Å². The van der Waals surface area contributed by atoms with Crippen LogP contribution in [0.15, 0.2) is 54.6 Å². The number of ether oxygens (including phenoxy) is 2. The number of rotatable bonds is 3. The van der Waals surface area contributed by atoms with Crippen molar-refractivity contribution in [1.29, 1.82) is 0 Å². The highest BCUT2D eigenvalue weighted by Gasteiger charge is 2.20. The van der Waals surface area contributed by atoms with Crippen LogP contribution in [0, 0.1) is 6.92 Å². The molecule has 25 heavy (non-hydrogen) atoms. The van der Waals surface area contributed by atoms with E-state index in [9.17, 15) is 4.79 Å². The highest BCUT2D eigenvalue weighted by Crippen LogP contribution is 2.35. The highest BCUT2D eigenvalue weighted by atomic mass is 16.7. The molecular formula is C21H19NO3. The zero-order valence-corrected chi connectivity index (χ0v) is 14.2. The first-order chi connectivity index (χ1) is 12.1. The molecule has 1 aliphatic heterocycles. The van der Waals surface area contributed by atoms with Crippen LogP contribution in [0.2, 0.25) is 0 Å². The predicted molar refractivity (Wildman–Crippen MR) is 97.1 cm³/mol. The number of fused-ring (bicyclic) bond motifs is 2. The summed E-state index contributed by atoms with van der Waals surface area (Å²) in [6, 6.07) is 17.8. The number of carbonyl (C=O) groups excluding carboxylic acids is 1. The lowest BCUT2D eigenvalue weighted by atomic mass is 9.99. The van der Waals surface area contributed by atoms with Crippen molar-refractivity contribution in [1.82, 2.24) is 5.32 Å². The van der Waals surface area contributed by atoms with Gasteiger partial charge in [-0.05, 0) is 47.9 Å². The van der Waals surface area contributed by atoms with E-state index in [1.165, 1.54) is 5.39 Å². The average Bonchev–Trinajstić information content (AvgIpc) is 3.07. The summed E-state index contributed by atoms with van der Waals surface area (Å²) in [5.41, 5.74) is 2.58. The number of carbonyl (C=O) groups is 1. The summed E-state index contributed by atoms with van der Waals surface area (Å²) in [7, 11) is 0. The maximum Gasteiger partial charge on any atom is 0.252 e. The zero-order valence-electron chi connectivity index (χ0n) is 14.2. The molecule has 0 fully saturated rings.